The number of hydrogen-bond donors (Lipinski definition) is 1. The molecule has 0 spiro atoms. The zero-order chi connectivity index (χ0) is 20.4. The first-order valence-corrected chi connectivity index (χ1v) is 9.26. The average molecular weight is 443 g/mol. The maximum Gasteiger partial charge on any atom is 0.413 e. The van der Waals surface area contributed by atoms with Crippen molar-refractivity contribution in [2.24, 2.45) is 7.05 Å². The lowest BCUT2D eigenvalue weighted by Crippen LogP contribution is -2.18. The maximum atomic E-state index is 12.3. The van der Waals surface area contributed by atoms with Crippen molar-refractivity contribution in [2.75, 3.05) is 5.32 Å². The van der Waals surface area contributed by atoms with E-state index in [1.165, 1.54) is 28.2 Å². The number of nitrogens with zero attached hydrogens (tertiary/aromatic N) is 5. The summed E-state index contributed by atoms with van der Waals surface area (Å²) in [6.07, 6.45) is -0.311. The predicted molar refractivity (Wildman–Crippen MR) is 104 cm³/mol. The highest BCUT2D eigenvalue weighted by Crippen LogP contribution is 2.36. The lowest BCUT2D eigenvalue weighted by Gasteiger charge is -2.13. The first kappa shape index (κ1) is 20.0. The Labute approximate surface area is 172 Å². The van der Waals surface area contributed by atoms with E-state index in [9.17, 15) is 14.9 Å². The fourth-order valence-corrected chi connectivity index (χ4v) is 3.91. The van der Waals surface area contributed by atoms with Crippen LogP contribution in [0.25, 0.3) is 11.4 Å². The second kappa shape index (κ2) is 8.09. The molecule has 146 valence electrons. The van der Waals surface area contributed by atoms with Gasteiger partial charge in [-0.3, -0.25) is 15.4 Å². The van der Waals surface area contributed by atoms with Crippen molar-refractivity contribution >= 4 is 52.1 Å². The second-order valence-electron chi connectivity index (χ2n) is 5.52. The molecule has 1 N–H and O–H groups in total. The molecular weight excluding hydrogens is 431 g/mol. The number of carbonyl (C=O) groups excluding carboxylic acids is 1. The van der Waals surface area contributed by atoms with Crippen LogP contribution in [-0.4, -0.2) is 31.0 Å². The summed E-state index contributed by atoms with van der Waals surface area (Å²) in [5.41, 5.74) is 0.960. The summed E-state index contributed by atoms with van der Waals surface area (Å²) in [7, 11) is 1.57. The molecule has 0 saturated carbocycles. The van der Waals surface area contributed by atoms with E-state index in [1.807, 2.05) is 0 Å². The van der Waals surface area contributed by atoms with Gasteiger partial charge in [-0.2, -0.15) is 0 Å². The molecule has 0 fully saturated rings. The molecule has 3 rings (SSSR count). The van der Waals surface area contributed by atoms with Gasteiger partial charge < -0.3 is 4.74 Å². The molecule has 0 unspecified atom stereocenters. The van der Waals surface area contributed by atoms with E-state index in [4.69, 9.17) is 27.9 Å². The van der Waals surface area contributed by atoms with Gasteiger partial charge in [-0.15, -0.1) is 16.4 Å². The number of ether oxygens (including phenoxy) is 1. The fraction of sp³-hybridized carbons (Fsp3) is 0.200. The lowest BCUT2D eigenvalue weighted by atomic mass is 10.2. The Bertz CT molecular complexity index is 1040. The fourth-order valence-electron chi connectivity index (χ4n) is 2.28. The molecule has 28 heavy (non-hydrogen) atoms. The van der Waals surface area contributed by atoms with Crippen LogP contribution in [0, 0.1) is 10.1 Å². The molecular formula is C15H12Cl2N6O4S. The van der Waals surface area contributed by atoms with Gasteiger partial charge in [0.05, 0.1) is 15.0 Å². The summed E-state index contributed by atoms with van der Waals surface area (Å²) in [5.74, 6) is 0.216. The molecule has 13 heteroatoms. The number of thiophene rings is 1. The third kappa shape index (κ3) is 4.21. The normalized spacial score (nSPS) is 11.9. The Kier molecular flexibility index (Phi) is 5.77. The molecule has 0 saturated heterocycles. The van der Waals surface area contributed by atoms with E-state index < -0.39 is 17.1 Å². The number of carbonyl (C=O) groups is 1. The minimum atomic E-state index is -0.764. The second-order valence-corrected chi connectivity index (χ2v) is 7.81. The molecule has 1 amide bonds. The van der Waals surface area contributed by atoms with Gasteiger partial charge in [0.15, 0.2) is 11.5 Å². The number of amides is 1. The van der Waals surface area contributed by atoms with Crippen molar-refractivity contribution in [3.8, 4) is 11.4 Å². The van der Waals surface area contributed by atoms with Crippen LogP contribution in [0.15, 0.2) is 24.4 Å². The highest BCUT2D eigenvalue weighted by molar-refractivity contribution is 7.20. The quantitative estimate of drug-likeness (QED) is 0.456. The number of anilines is 1. The van der Waals surface area contributed by atoms with Crippen molar-refractivity contribution in [1.82, 2.24) is 20.0 Å². The van der Waals surface area contributed by atoms with Gasteiger partial charge in [-0.05, 0) is 19.1 Å². The van der Waals surface area contributed by atoms with Gasteiger partial charge >= 0.3 is 6.09 Å². The van der Waals surface area contributed by atoms with E-state index in [0.29, 0.717) is 19.9 Å². The van der Waals surface area contributed by atoms with Crippen molar-refractivity contribution in [1.29, 1.82) is 0 Å². The van der Waals surface area contributed by atoms with E-state index in [2.05, 4.69) is 20.6 Å². The monoisotopic (exact) mass is 442 g/mol. The summed E-state index contributed by atoms with van der Waals surface area (Å²) >= 11 is 13.2. The van der Waals surface area contributed by atoms with Crippen LogP contribution in [0.4, 0.5) is 16.3 Å². The number of halogens is 2. The van der Waals surface area contributed by atoms with Gasteiger partial charge in [0.25, 0.3) is 5.69 Å². The molecule has 3 heterocycles. The molecule has 0 aromatic carbocycles. The van der Waals surface area contributed by atoms with E-state index in [1.54, 1.807) is 20.0 Å². The van der Waals surface area contributed by atoms with Gasteiger partial charge in [0.2, 0.25) is 0 Å². The van der Waals surface area contributed by atoms with Crippen molar-refractivity contribution in [2.45, 2.75) is 13.0 Å². The van der Waals surface area contributed by atoms with Crippen LogP contribution in [0.5, 0.6) is 0 Å². The summed E-state index contributed by atoms with van der Waals surface area (Å²) < 4.78 is 7.57. The van der Waals surface area contributed by atoms with Crippen LogP contribution >= 0.6 is 34.5 Å². The van der Waals surface area contributed by atoms with Crippen LogP contribution in [-0.2, 0) is 11.8 Å². The van der Waals surface area contributed by atoms with Gasteiger partial charge in [0, 0.05) is 18.7 Å². The SMILES string of the molecule is C[C@@H](OC(=O)Nc1c(-c2ccc([N+](=O)[O-])cn2)nnn1C)c1cc(Cl)sc1Cl. The number of rotatable bonds is 5. The Hall–Kier alpha value is -2.76. The van der Waals surface area contributed by atoms with Gasteiger partial charge in [0.1, 0.15) is 16.6 Å². The number of pyridine rings is 1. The van der Waals surface area contributed by atoms with Crippen LogP contribution in [0.3, 0.4) is 0 Å². The minimum absolute atomic E-state index is 0.165. The van der Waals surface area contributed by atoms with Crippen LogP contribution in [0.1, 0.15) is 18.6 Å². The largest absolute Gasteiger partial charge is 0.441 e. The standard InChI is InChI=1S/C15H12Cl2N6O4S/c1-7(9-5-11(16)28-13(9)17)27-15(24)19-14-12(20-21-22(14)2)10-4-3-8(6-18-10)23(25)26/h3-7H,1-2H3,(H,19,24)/t7-/m1/s1. The molecule has 0 aliphatic carbocycles. The molecule has 3 aromatic rings. The van der Waals surface area contributed by atoms with Crippen molar-refractivity contribution < 1.29 is 14.5 Å². The van der Waals surface area contributed by atoms with Gasteiger partial charge in [-0.1, -0.05) is 28.4 Å². The topological polar surface area (TPSA) is 125 Å². The molecule has 1 atom stereocenters. The predicted octanol–water partition coefficient (Wildman–Crippen LogP) is 4.46. The van der Waals surface area contributed by atoms with Crippen molar-refractivity contribution in [3.63, 3.8) is 0 Å². The van der Waals surface area contributed by atoms with E-state index in [-0.39, 0.29) is 17.2 Å². The maximum absolute atomic E-state index is 12.3. The highest BCUT2D eigenvalue weighted by atomic mass is 35.5. The average Bonchev–Trinajstić information content (AvgIpc) is 3.17. The van der Waals surface area contributed by atoms with Crippen LogP contribution < -0.4 is 5.32 Å². The third-order valence-electron chi connectivity index (χ3n) is 3.65. The summed E-state index contributed by atoms with van der Waals surface area (Å²) in [4.78, 5) is 26.5. The van der Waals surface area contributed by atoms with Crippen LogP contribution in [0.2, 0.25) is 8.67 Å². The Morgan fingerprint density at radius 1 is 1.43 bits per heavy atom. The zero-order valence-electron chi connectivity index (χ0n) is 14.4. The van der Waals surface area contributed by atoms with Gasteiger partial charge in [-0.25, -0.2) is 14.5 Å². The number of hydrogen-bond acceptors (Lipinski definition) is 8. The first-order valence-electron chi connectivity index (χ1n) is 7.69. The number of nitrogens with one attached hydrogen (secondary N) is 1. The summed E-state index contributed by atoms with van der Waals surface area (Å²) in [6.45, 7) is 1.66. The molecule has 0 aliphatic rings. The number of nitro groups is 1. The van der Waals surface area contributed by atoms with E-state index in [0.717, 1.165) is 6.20 Å². The number of aryl methyl sites for hydroxylation is 1. The molecule has 0 bridgehead atoms. The third-order valence-corrected chi connectivity index (χ3v) is 5.17. The number of aromatic nitrogens is 4. The minimum Gasteiger partial charge on any atom is -0.441 e. The molecule has 10 nitrogen and oxygen atoms in total. The van der Waals surface area contributed by atoms with E-state index >= 15 is 0 Å². The zero-order valence-corrected chi connectivity index (χ0v) is 16.7. The Balaban J connectivity index is 1.77. The Morgan fingerprint density at radius 3 is 2.75 bits per heavy atom. The molecule has 0 aliphatic heterocycles. The van der Waals surface area contributed by atoms with Crippen molar-refractivity contribution in [3.05, 3.63) is 48.7 Å². The molecule has 0 radical (unpaired) electrons. The highest BCUT2D eigenvalue weighted by Gasteiger charge is 2.21. The molecule has 3 aromatic heterocycles. The smallest absolute Gasteiger partial charge is 0.413 e. The summed E-state index contributed by atoms with van der Waals surface area (Å²) in [5, 5.41) is 21.1. The lowest BCUT2D eigenvalue weighted by molar-refractivity contribution is -0.385. The summed E-state index contributed by atoms with van der Waals surface area (Å²) in [6, 6.07) is 4.32. The first-order chi connectivity index (χ1) is 13.3. The Morgan fingerprint density at radius 2 is 2.18 bits per heavy atom.